The number of pyridine rings is 1. The molecule has 3 aromatic heterocycles. The van der Waals surface area contributed by atoms with Crippen LogP contribution in [0.2, 0.25) is 0 Å². The van der Waals surface area contributed by atoms with Crippen LogP contribution in [0.5, 0.6) is 0 Å². The number of nitrogens with zero attached hydrogens (tertiary/aromatic N) is 3. The van der Waals surface area contributed by atoms with Crippen LogP contribution in [-0.4, -0.2) is 20.9 Å². The van der Waals surface area contributed by atoms with E-state index in [4.69, 9.17) is 0 Å². The minimum atomic E-state index is -0.179. The SMILES string of the molecule is Cc1csc(NC(=O)c2sc(-c3ccccn3)nc2C)n1. The molecule has 106 valence electrons. The number of thiazole rings is 2. The van der Waals surface area contributed by atoms with Crippen molar-refractivity contribution >= 4 is 33.7 Å². The number of anilines is 1. The Morgan fingerprint density at radius 2 is 2.10 bits per heavy atom. The predicted molar refractivity (Wildman–Crippen MR) is 84.9 cm³/mol. The zero-order valence-corrected chi connectivity index (χ0v) is 13.1. The van der Waals surface area contributed by atoms with Crippen molar-refractivity contribution in [1.82, 2.24) is 15.0 Å². The quantitative estimate of drug-likeness (QED) is 0.802. The summed E-state index contributed by atoms with van der Waals surface area (Å²) in [6.07, 6.45) is 1.71. The van der Waals surface area contributed by atoms with E-state index in [0.29, 0.717) is 15.7 Å². The molecule has 0 atom stereocenters. The maximum Gasteiger partial charge on any atom is 0.269 e. The number of carbonyl (C=O) groups excluding carboxylic acids is 1. The lowest BCUT2D eigenvalue weighted by Crippen LogP contribution is -2.11. The number of hydrogen-bond donors (Lipinski definition) is 1. The van der Waals surface area contributed by atoms with E-state index < -0.39 is 0 Å². The first kappa shape index (κ1) is 13.8. The molecule has 3 heterocycles. The molecule has 0 saturated heterocycles. The summed E-state index contributed by atoms with van der Waals surface area (Å²) >= 11 is 2.75. The first-order valence-corrected chi connectivity index (χ1v) is 7.95. The van der Waals surface area contributed by atoms with Crippen molar-refractivity contribution in [3.63, 3.8) is 0 Å². The lowest BCUT2D eigenvalue weighted by atomic mass is 10.3. The Morgan fingerprint density at radius 1 is 1.24 bits per heavy atom. The van der Waals surface area contributed by atoms with Gasteiger partial charge in [-0.25, -0.2) is 9.97 Å². The average Bonchev–Trinajstić information content (AvgIpc) is 3.06. The van der Waals surface area contributed by atoms with Crippen LogP contribution in [0, 0.1) is 13.8 Å². The predicted octanol–water partition coefficient (Wildman–Crippen LogP) is 3.53. The first-order valence-electron chi connectivity index (χ1n) is 6.26. The molecule has 3 rings (SSSR count). The molecule has 0 bridgehead atoms. The molecule has 0 aromatic carbocycles. The Hall–Kier alpha value is -2.12. The van der Waals surface area contributed by atoms with Gasteiger partial charge in [0.05, 0.1) is 17.1 Å². The Balaban J connectivity index is 1.86. The van der Waals surface area contributed by atoms with Crippen LogP contribution in [0.15, 0.2) is 29.8 Å². The summed E-state index contributed by atoms with van der Waals surface area (Å²) < 4.78 is 0. The number of hydrogen-bond acceptors (Lipinski definition) is 6. The summed E-state index contributed by atoms with van der Waals surface area (Å²) in [4.78, 5) is 25.8. The van der Waals surface area contributed by atoms with Gasteiger partial charge in [-0.15, -0.1) is 22.7 Å². The minimum absolute atomic E-state index is 0.179. The molecule has 3 aromatic rings. The summed E-state index contributed by atoms with van der Waals surface area (Å²) in [5.41, 5.74) is 2.37. The average molecular weight is 316 g/mol. The number of amides is 1. The highest BCUT2D eigenvalue weighted by Crippen LogP contribution is 2.27. The summed E-state index contributed by atoms with van der Waals surface area (Å²) in [7, 11) is 0. The van der Waals surface area contributed by atoms with E-state index in [0.717, 1.165) is 16.4 Å². The molecule has 5 nitrogen and oxygen atoms in total. The summed E-state index contributed by atoms with van der Waals surface area (Å²) in [6.45, 7) is 3.72. The zero-order valence-electron chi connectivity index (χ0n) is 11.5. The molecule has 0 unspecified atom stereocenters. The molecular weight excluding hydrogens is 304 g/mol. The molecule has 0 spiro atoms. The van der Waals surface area contributed by atoms with Gasteiger partial charge in [-0.2, -0.15) is 0 Å². The first-order chi connectivity index (χ1) is 10.1. The second-order valence-electron chi connectivity index (χ2n) is 4.40. The lowest BCUT2D eigenvalue weighted by molar-refractivity contribution is 0.103. The zero-order chi connectivity index (χ0) is 14.8. The van der Waals surface area contributed by atoms with Crippen LogP contribution >= 0.6 is 22.7 Å². The molecule has 0 fully saturated rings. The highest BCUT2D eigenvalue weighted by molar-refractivity contribution is 7.17. The van der Waals surface area contributed by atoms with Crippen molar-refractivity contribution in [2.45, 2.75) is 13.8 Å². The molecule has 0 aliphatic rings. The largest absolute Gasteiger partial charge is 0.297 e. The van der Waals surface area contributed by atoms with Crippen molar-refractivity contribution < 1.29 is 4.79 Å². The number of nitrogens with one attached hydrogen (secondary N) is 1. The summed E-state index contributed by atoms with van der Waals surface area (Å²) in [6, 6.07) is 5.63. The van der Waals surface area contributed by atoms with Gasteiger partial charge in [-0.05, 0) is 26.0 Å². The smallest absolute Gasteiger partial charge is 0.269 e. The van der Waals surface area contributed by atoms with E-state index in [9.17, 15) is 4.79 Å². The monoisotopic (exact) mass is 316 g/mol. The van der Waals surface area contributed by atoms with E-state index in [-0.39, 0.29) is 5.91 Å². The van der Waals surface area contributed by atoms with Crippen molar-refractivity contribution in [1.29, 1.82) is 0 Å². The third-order valence-corrected chi connectivity index (χ3v) is 4.78. The maximum absolute atomic E-state index is 12.3. The fraction of sp³-hybridized carbons (Fsp3) is 0.143. The Labute approximate surface area is 129 Å². The molecule has 0 radical (unpaired) electrons. The fourth-order valence-corrected chi connectivity index (χ4v) is 3.39. The third-order valence-electron chi connectivity index (χ3n) is 2.73. The molecular formula is C14H12N4OS2. The molecule has 1 N–H and O–H groups in total. The minimum Gasteiger partial charge on any atom is -0.297 e. The third kappa shape index (κ3) is 2.98. The van der Waals surface area contributed by atoms with Gasteiger partial charge in [0.2, 0.25) is 0 Å². The number of aromatic nitrogens is 3. The van der Waals surface area contributed by atoms with Gasteiger partial charge in [-0.1, -0.05) is 6.07 Å². The normalized spacial score (nSPS) is 10.6. The Bertz CT molecular complexity index is 779. The lowest BCUT2D eigenvalue weighted by Gasteiger charge is -1.98. The van der Waals surface area contributed by atoms with Crippen molar-refractivity contribution in [2.24, 2.45) is 0 Å². The van der Waals surface area contributed by atoms with Crippen LogP contribution in [-0.2, 0) is 0 Å². The Morgan fingerprint density at radius 3 is 2.76 bits per heavy atom. The van der Waals surface area contributed by atoms with Crippen molar-refractivity contribution in [3.05, 3.63) is 46.0 Å². The highest BCUT2D eigenvalue weighted by atomic mass is 32.1. The number of rotatable bonds is 3. The standard InChI is InChI=1S/C14H12N4OS2/c1-8-7-20-14(16-8)18-12(19)11-9(2)17-13(21-11)10-5-3-4-6-15-10/h3-7H,1-2H3,(H,16,18,19). The topological polar surface area (TPSA) is 67.8 Å². The summed E-state index contributed by atoms with van der Waals surface area (Å²) in [5, 5.41) is 6.05. The van der Waals surface area contributed by atoms with Gasteiger partial charge in [0.15, 0.2) is 5.13 Å². The van der Waals surface area contributed by atoms with Crippen LogP contribution in [0.3, 0.4) is 0 Å². The van der Waals surface area contributed by atoms with Crippen molar-refractivity contribution in [3.8, 4) is 10.7 Å². The van der Waals surface area contributed by atoms with Gasteiger partial charge in [0.1, 0.15) is 9.88 Å². The maximum atomic E-state index is 12.3. The van der Waals surface area contributed by atoms with E-state index >= 15 is 0 Å². The molecule has 0 saturated carbocycles. The molecule has 0 aliphatic carbocycles. The van der Waals surface area contributed by atoms with Crippen LogP contribution in [0.4, 0.5) is 5.13 Å². The fourth-order valence-electron chi connectivity index (χ4n) is 1.77. The van der Waals surface area contributed by atoms with Crippen LogP contribution < -0.4 is 5.32 Å². The molecule has 21 heavy (non-hydrogen) atoms. The van der Waals surface area contributed by atoms with Gasteiger partial charge in [-0.3, -0.25) is 15.1 Å². The van der Waals surface area contributed by atoms with E-state index in [1.807, 2.05) is 37.4 Å². The Kier molecular flexibility index (Phi) is 3.76. The highest BCUT2D eigenvalue weighted by Gasteiger charge is 2.17. The molecule has 7 heteroatoms. The van der Waals surface area contributed by atoms with Crippen LogP contribution in [0.25, 0.3) is 10.7 Å². The molecule has 1 amide bonds. The van der Waals surface area contributed by atoms with Gasteiger partial charge in [0, 0.05) is 11.6 Å². The summed E-state index contributed by atoms with van der Waals surface area (Å²) in [5.74, 6) is -0.179. The van der Waals surface area contributed by atoms with E-state index in [2.05, 4.69) is 20.3 Å². The second-order valence-corrected chi connectivity index (χ2v) is 6.25. The van der Waals surface area contributed by atoms with Gasteiger partial charge in [0.25, 0.3) is 5.91 Å². The van der Waals surface area contributed by atoms with Crippen molar-refractivity contribution in [2.75, 3.05) is 5.32 Å². The second kappa shape index (κ2) is 5.71. The van der Waals surface area contributed by atoms with Crippen LogP contribution in [0.1, 0.15) is 21.1 Å². The van der Waals surface area contributed by atoms with Gasteiger partial charge >= 0.3 is 0 Å². The number of aryl methyl sites for hydroxylation is 2. The van der Waals surface area contributed by atoms with E-state index in [1.165, 1.54) is 22.7 Å². The van der Waals surface area contributed by atoms with E-state index in [1.54, 1.807) is 6.20 Å². The molecule has 0 aliphatic heterocycles. The van der Waals surface area contributed by atoms with Gasteiger partial charge < -0.3 is 0 Å². The number of carbonyl (C=O) groups is 1.